The van der Waals surface area contributed by atoms with Crippen LogP contribution >= 0.6 is 22.9 Å². The molecular weight excluding hydrogens is 190 g/mol. The SMILES string of the molecule is Clc1sccc1C1=CCNCC1. The van der Waals surface area contributed by atoms with E-state index in [0.29, 0.717) is 0 Å². The van der Waals surface area contributed by atoms with E-state index < -0.39 is 0 Å². The Bertz CT molecular complexity index is 303. The number of halogens is 1. The maximum atomic E-state index is 6.03. The summed E-state index contributed by atoms with van der Waals surface area (Å²) in [5.41, 5.74) is 2.61. The predicted octanol–water partition coefficient (Wildman–Crippen LogP) is 2.78. The molecule has 3 heteroatoms. The van der Waals surface area contributed by atoms with Gasteiger partial charge in [0.1, 0.15) is 4.34 Å². The van der Waals surface area contributed by atoms with E-state index in [1.165, 1.54) is 11.1 Å². The highest BCUT2D eigenvalue weighted by atomic mass is 35.5. The van der Waals surface area contributed by atoms with Gasteiger partial charge in [0.25, 0.3) is 0 Å². The van der Waals surface area contributed by atoms with Gasteiger partial charge in [-0.25, -0.2) is 0 Å². The van der Waals surface area contributed by atoms with Crippen LogP contribution in [0, 0.1) is 0 Å². The number of hydrogen-bond acceptors (Lipinski definition) is 2. The Labute approximate surface area is 81.1 Å². The second kappa shape index (κ2) is 3.60. The Morgan fingerprint density at radius 1 is 1.50 bits per heavy atom. The van der Waals surface area contributed by atoms with Gasteiger partial charge in [0, 0.05) is 12.1 Å². The molecule has 1 aliphatic rings. The lowest BCUT2D eigenvalue weighted by atomic mass is 10.0. The van der Waals surface area contributed by atoms with E-state index in [9.17, 15) is 0 Å². The van der Waals surface area contributed by atoms with Crippen LogP contribution in [0.2, 0.25) is 4.34 Å². The van der Waals surface area contributed by atoms with Gasteiger partial charge in [-0.3, -0.25) is 0 Å². The molecule has 0 fully saturated rings. The fraction of sp³-hybridized carbons (Fsp3) is 0.333. The van der Waals surface area contributed by atoms with Crippen molar-refractivity contribution in [3.05, 3.63) is 27.4 Å². The summed E-state index contributed by atoms with van der Waals surface area (Å²) < 4.78 is 0.920. The number of hydrogen-bond donors (Lipinski definition) is 1. The van der Waals surface area contributed by atoms with Crippen molar-refractivity contribution in [3.63, 3.8) is 0 Å². The Balaban J connectivity index is 2.29. The van der Waals surface area contributed by atoms with Gasteiger partial charge < -0.3 is 5.32 Å². The molecule has 0 atom stereocenters. The third-order valence-corrected chi connectivity index (χ3v) is 3.20. The van der Waals surface area contributed by atoms with Crippen molar-refractivity contribution in [1.82, 2.24) is 5.32 Å². The fourth-order valence-electron chi connectivity index (χ4n) is 1.39. The van der Waals surface area contributed by atoms with Crippen molar-refractivity contribution in [2.75, 3.05) is 13.1 Å². The number of nitrogens with one attached hydrogen (secondary N) is 1. The van der Waals surface area contributed by atoms with Gasteiger partial charge in [-0.1, -0.05) is 17.7 Å². The van der Waals surface area contributed by atoms with Gasteiger partial charge in [0.15, 0.2) is 0 Å². The van der Waals surface area contributed by atoms with E-state index in [-0.39, 0.29) is 0 Å². The molecule has 2 rings (SSSR count). The van der Waals surface area contributed by atoms with Crippen LogP contribution in [0.1, 0.15) is 12.0 Å². The molecule has 0 spiro atoms. The van der Waals surface area contributed by atoms with Crippen LogP contribution in [0.5, 0.6) is 0 Å². The van der Waals surface area contributed by atoms with Crippen molar-refractivity contribution >= 4 is 28.5 Å². The summed E-state index contributed by atoms with van der Waals surface area (Å²) in [5.74, 6) is 0. The first-order valence-corrected chi connectivity index (χ1v) is 5.27. The zero-order chi connectivity index (χ0) is 8.39. The predicted molar refractivity (Wildman–Crippen MR) is 54.8 cm³/mol. The van der Waals surface area contributed by atoms with Crippen molar-refractivity contribution in [3.8, 4) is 0 Å². The molecule has 0 saturated carbocycles. The molecule has 0 bridgehead atoms. The smallest absolute Gasteiger partial charge is 0.100 e. The minimum Gasteiger partial charge on any atom is -0.313 e. The molecule has 1 nitrogen and oxygen atoms in total. The van der Waals surface area contributed by atoms with Crippen LogP contribution in [0.25, 0.3) is 5.57 Å². The van der Waals surface area contributed by atoms with Crippen molar-refractivity contribution in [2.45, 2.75) is 6.42 Å². The first-order valence-electron chi connectivity index (χ1n) is 4.01. The standard InChI is InChI=1S/C9H10ClNS/c10-9-8(3-6-12-9)7-1-4-11-5-2-7/h1,3,6,11H,2,4-5H2. The second-order valence-corrected chi connectivity index (χ2v) is 4.31. The highest BCUT2D eigenvalue weighted by Crippen LogP contribution is 2.31. The normalized spacial score (nSPS) is 17.6. The van der Waals surface area contributed by atoms with E-state index in [2.05, 4.69) is 17.5 Å². The lowest BCUT2D eigenvalue weighted by Gasteiger charge is -2.12. The van der Waals surface area contributed by atoms with Gasteiger partial charge in [-0.05, 0) is 30.0 Å². The zero-order valence-electron chi connectivity index (χ0n) is 6.64. The van der Waals surface area contributed by atoms with Crippen LogP contribution in [-0.4, -0.2) is 13.1 Å². The molecule has 2 heterocycles. The highest BCUT2D eigenvalue weighted by Gasteiger charge is 2.09. The van der Waals surface area contributed by atoms with Crippen LogP contribution < -0.4 is 5.32 Å². The lowest BCUT2D eigenvalue weighted by Crippen LogP contribution is -2.19. The van der Waals surface area contributed by atoms with Crippen LogP contribution in [0.3, 0.4) is 0 Å². The van der Waals surface area contributed by atoms with Crippen molar-refractivity contribution < 1.29 is 0 Å². The molecule has 1 aromatic rings. The van der Waals surface area contributed by atoms with Crippen LogP contribution in [0.15, 0.2) is 17.5 Å². The molecule has 64 valence electrons. The monoisotopic (exact) mass is 199 g/mol. The molecule has 0 saturated heterocycles. The number of thiophene rings is 1. The molecule has 0 aromatic carbocycles. The maximum absolute atomic E-state index is 6.03. The van der Waals surface area contributed by atoms with Crippen molar-refractivity contribution in [1.29, 1.82) is 0 Å². The third kappa shape index (κ3) is 1.56. The van der Waals surface area contributed by atoms with Gasteiger partial charge in [-0.2, -0.15) is 0 Å². The molecule has 0 unspecified atom stereocenters. The average Bonchev–Trinajstić information content (AvgIpc) is 2.53. The van der Waals surface area contributed by atoms with Gasteiger partial charge >= 0.3 is 0 Å². The van der Waals surface area contributed by atoms with E-state index in [1.54, 1.807) is 11.3 Å². The van der Waals surface area contributed by atoms with E-state index in [4.69, 9.17) is 11.6 Å². The first-order chi connectivity index (χ1) is 5.88. The number of rotatable bonds is 1. The van der Waals surface area contributed by atoms with Crippen LogP contribution in [-0.2, 0) is 0 Å². The fourth-order valence-corrected chi connectivity index (χ4v) is 2.38. The molecule has 0 aliphatic carbocycles. The topological polar surface area (TPSA) is 12.0 Å². The zero-order valence-corrected chi connectivity index (χ0v) is 8.21. The minimum absolute atomic E-state index is 0.920. The molecular formula is C9H10ClNS. The summed E-state index contributed by atoms with van der Waals surface area (Å²) in [4.78, 5) is 0. The summed E-state index contributed by atoms with van der Waals surface area (Å²) in [6.07, 6.45) is 3.31. The maximum Gasteiger partial charge on any atom is 0.100 e. The summed E-state index contributed by atoms with van der Waals surface area (Å²) >= 11 is 7.63. The van der Waals surface area contributed by atoms with E-state index in [1.807, 2.05) is 5.38 Å². The van der Waals surface area contributed by atoms with Gasteiger partial charge in [-0.15, -0.1) is 11.3 Å². The first kappa shape index (κ1) is 8.30. The van der Waals surface area contributed by atoms with Crippen molar-refractivity contribution in [2.24, 2.45) is 0 Å². The molecule has 0 radical (unpaired) electrons. The summed E-state index contributed by atoms with van der Waals surface area (Å²) in [6, 6.07) is 2.10. The van der Waals surface area contributed by atoms with Gasteiger partial charge in [0.2, 0.25) is 0 Å². The Morgan fingerprint density at radius 2 is 2.42 bits per heavy atom. The van der Waals surface area contributed by atoms with E-state index >= 15 is 0 Å². The molecule has 12 heavy (non-hydrogen) atoms. The Morgan fingerprint density at radius 3 is 3.00 bits per heavy atom. The molecule has 1 aromatic heterocycles. The quantitative estimate of drug-likeness (QED) is 0.734. The summed E-state index contributed by atoms with van der Waals surface area (Å²) in [7, 11) is 0. The van der Waals surface area contributed by atoms with Gasteiger partial charge in [0.05, 0.1) is 0 Å². The van der Waals surface area contributed by atoms with Crippen LogP contribution in [0.4, 0.5) is 0 Å². The largest absolute Gasteiger partial charge is 0.313 e. The Hall–Kier alpha value is -0.310. The molecule has 1 N–H and O–H groups in total. The third-order valence-electron chi connectivity index (χ3n) is 2.03. The highest BCUT2D eigenvalue weighted by molar-refractivity contribution is 7.14. The molecule has 0 amide bonds. The van der Waals surface area contributed by atoms with E-state index in [0.717, 1.165) is 23.8 Å². The Kier molecular flexibility index (Phi) is 2.49. The summed E-state index contributed by atoms with van der Waals surface area (Å²) in [6.45, 7) is 2.04. The molecule has 1 aliphatic heterocycles. The second-order valence-electron chi connectivity index (χ2n) is 2.79. The average molecular weight is 200 g/mol. The minimum atomic E-state index is 0.920. The lowest BCUT2D eigenvalue weighted by molar-refractivity contribution is 0.739. The summed E-state index contributed by atoms with van der Waals surface area (Å²) in [5, 5.41) is 5.32.